The van der Waals surface area contributed by atoms with Crippen LogP contribution in [0.3, 0.4) is 0 Å². The van der Waals surface area contributed by atoms with E-state index >= 15 is 0 Å². The zero-order valence-electron chi connectivity index (χ0n) is 23.8. The van der Waals surface area contributed by atoms with Crippen LogP contribution in [0.25, 0.3) is 0 Å². The van der Waals surface area contributed by atoms with Crippen molar-refractivity contribution in [3.05, 3.63) is 83.1 Å². The Kier molecular flexibility index (Phi) is 8.74. The number of aromatic nitrogens is 1. The molecule has 12 heteroatoms. The molecule has 1 aromatic heterocycles. The molecule has 2 aliphatic heterocycles. The molecule has 1 aliphatic carbocycles. The summed E-state index contributed by atoms with van der Waals surface area (Å²) in [6, 6.07) is 10.5. The number of hydrogen-bond acceptors (Lipinski definition) is 8. The van der Waals surface area contributed by atoms with Crippen molar-refractivity contribution >= 4 is 17.5 Å². The van der Waals surface area contributed by atoms with Crippen molar-refractivity contribution < 1.29 is 27.8 Å². The Morgan fingerprint density at radius 3 is 2.67 bits per heavy atom. The maximum Gasteiger partial charge on any atom is 0.585 e. The Morgan fingerprint density at radius 1 is 1.07 bits per heavy atom. The third-order valence-electron chi connectivity index (χ3n) is 7.52. The van der Waals surface area contributed by atoms with Gasteiger partial charge in [-0.2, -0.15) is 0 Å². The van der Waals surface area contributed by atoms with Gasteiger partial charge in [-0.15, -0.1) is 8.78 Å². The van der Waals surface area contributed by atoms with Crippen LogP contribution in [0.1, 0.15) is 46.2 Å². The molecule has 0 radical (unpaired) electrons. The Morgan fingerprint density at radius 2 is 1.86 bits per heavy atom. The second-order valence-corrected chi connectivity index (χ2v) is 11.0. The third kappa shape index (κ3) is 7.42. The van der Waals surface area contributed by atoms with Crippen LogP contribution >= 0.6 is 0 Å². The van der Waals surface area contributed by atoms with Gasteiger partial charge in [0.2, 0.25) is 0 Å². The van der Waals surface area contributed by atoms with E-state index in [1.165, 1.54) is 6.08 Å². The number of pyridine rings is 1. The van der Waals surface area contributed by atoms with E-state index in [1.807, 2.05) is 0 Å². The summed E-state index contributed by atoms with van der Waals surface area (Å²) in [5.74, 6) is -0.656. The Bertz CT molecular complexity index is 1380. The molecule has 5 rings (SSSR count). The van der Waals surface area contributed by atoms with E-state index in [0.29, 0.717) is 30.0 Å². The van der Waals surface area contributed by atoms with E-state index in [-0.39, 0.29) is 29.8 Å². The first-order valence-corrected chi connectivity index (χ1v) is 14.1. The highest BCUT2D eigenvalue weighted by molar-refractivity contribution is 6.00. The van der Waals surface area contributed by atoms with Crippen molar-refractivity contribution in [3.8, 4) is 0 Å². The zero-order valence-corrected chi connectivity index (χ0v) is 23.8. The molecule has 0 saturated carbocycles. The number of nitrogens with one attached hydrogen (secondary N) is 3. The van der Waals surface area contributed by atoms with Crippen LogP contribution in [0.2, 0.25) is 0 Å². The molecule has 10 nitrogen and oxygen atoms in total. The number of para-hydroxylation sites is 1. The minimum atomic E-state index is -3.71. The van der Waals surface area contributed by atoms with E-state index in [0.717, 1.165) is 44.7 Å². The quantitative estimate of drug-likeness (QED) is 0.367. The van der Waals surface area contributed by atoms with Gasteiger partial charge in [0.15, 0.2) is 11.5 Å². The highest BCUT2D eigenvalue weighted by Gasteiger charge is 2.47. The van der Waals surface area contributed by atoms with Crippen LogP contribution in [0.15, 0.2) is 66.3 Å². The molecular weight excluding hydrogens is 546 g/mol. The molecule has 3 N–H and O–H groups in total. The molecule has 224 valence electrons. The van der Waals surface area contributed by atoms with Crippen molar-refractivity contribution in [1.82, 2.24) is 25.4 Å². The van der Waals surface area contributed by atoms with Crippen molar-refractivity contribution in [2.45, 2.75) is 38.1 Å². The number of amides is 2. The number of piperazine rings is 1. The third-order valence-corrected chi connectivity index (χ3v) is 7.52. The van der Waals surface area contributed by atoms with Gasteiger partial charge in [0.25, 0.3) is 11.8 Å². The number of halogens is 2. The number of ether oxygens (including phenoxy) is 2. The smallest absolute Gasteiger partial charge is 0.400 e. The van der Waals surface area contributed by atoms with Gasteiger partial charge < -0.3 is 35.2 Å². The fourth-order valence-corrected chi connectivity index (χ4v) is 5.12. The van der Waals surface area contributed by atoms with Crippen molar-refractivity contribution in [2.24, 2.45) is 0 Å². The molecule has 3 heterocycles. The van der Waals surface area contributed by atoms with Gasteiger partial charge in [-0.1, -0.05) is 18.2 Å². The lowest BCUT2D eigenvalue weighted by Crippen LogP contribution is -2.45. The number of nitrogens with zero attached hydrogens (tertiary/aromatic N) is 3. The first kappa shape index (κ1) is 29.5. The Balaban J connectivity index is 1.13. The van der Waals surface area contributed by atoms with E-state index in [9.17, 15) is 18.4 Å². The van der Waals surface area contributed by atoms with Crippen LogP contribution in [0.5, 0.6) is 0 Å². The molecule has 0 spiro atoms. The van der Waals surface area contributed by atoms with E-state index in [4.69, 9.17) is 0 Å². The summed E-state index contributed by atoms with van der Waals surface area (Å²) in [7, 11) is 2.13. The standard InChI is InChI=1S/C30H36F2N6O4/c1-29(10-8-25-26(19-29)42-30(31,32)41-25)36-27(39)22-6-3-4-7-23(22)35-20-21-9-12-33-24(18-21)28(40)34-11-5-13-38-16-14-37(2)15-17-38/h3-4,6-10,12,18,35H,5,11,13-17,19-20H2,1-2H3,(H,34,40)(H,36,39). The molecule has 1 unspecified atom stereocenters. The number of rotatable bonds is 10. The summed E-state index contributed by atoms with van der Waals surface area (Å²) in [4.78, 5) is 34.9. The van der Waals surface area contributed by atoms with E-state index in [2.05, 4.69) is 47.3 Å². The second kappa shape index (κ2) is 12.5. The monoisotopic (exact) mass is 582 g/mol. The summed E-state index contributed by atoms with van der Waals surface area (Å²) in [6.07, 6.45) is 1.77. The van der Waals surface area contributed by atoms with E-state index < -0.39 is 11.8 Å². The normalized spacial score (nSPS) is 21.7. The van der Waals surface area contributed by atoms with Gasteiger partial charge in [0, 0.05) is 57.6 Å². The predicted molar refractivity (Wildman–Crippen MR) is 153 cm³/mol. The molecule has 1 saturated heterocycles. The topological polar surface area (TPSA) is 108 Å². The first-order valence-electron chi connectivity index (χ1n) is 14.1. The molecule has 1 fully saturated rings. The number of anilines is 1. The molecular formula is C30H36F2N6O4. The molecule has 3 aliphatic rings. The SMILES string of the molecule is CN1CCN(CCCNC(=O)c2cc(CNc3ccccc3C(=O)NC3(C)C=CC4=C(C3)OC(F)(F)O4)ccn2)CC1. The Labute approximate surface area is 243 Å². The number of benzene rings is 1. The average molecular weight is 583 g/mol. The van der Waals surface area contributed by atoms with Crippen LogP contribution in [0.4, 0.5) is 14.5 Å². The molecule has 1 aromatic carbocycles. The minimum absolute atomic E-state index is 0.00994. The summed E-state index contributed by atoms with van der Waals surface area (Å²) in [5.41, 5.74) is 1.16. The zero-order chi connectivity index (χ0) is 29.7. The lowest BCUT2D eigenvalue weighted by atomic mass is 9.91. The highest BCUT2D eigenvalue weighted by Crippen LogP contribution is 2.40. The van der Waals surface area contributed by atoms with Crippen molar-refractivity contribution in [1.29, 1.82) is 0 Å². The van der Waals surface area contributed by atoms with Crippen LogP contribution in [-0.4, -0.2) is 84.7 Å². The summed E-state index contributed by atoms with van der Waals surface area (Å²) in [6.45, 7) is 7.83. The number of likely N-dealkylation sites (N-methyl/N-ethyl adjacent to an activating group) is 1. The van der Waals surface area contributed by atoms with Crippen LogP contribution in [-0.2, 0) is 16.0 Å². The molecule has 2 amide bonds. The summed E-state index contributed by atoms with van der Waals surface area (Å²) < 4.78 is 36.0. The van der Waals surface area contributed by atoms with Crippen molar-refractivity contribution in [2.75, 3.05) is 51.6 Å². The van der Waals surface area contributed by atoms with Gasteiger partial charge in [0.05, 0.1) is 11.1 Å². The second-order valence-electron chi connectivity index (χ2n) is 11.0. The number of allylic oxidation sites excluding steroid dienone is 1. The van der Waals surface area contributed by atoms with Gasteiger partial charge in [-0.05, 0) is 62.8 Å². The predicted octanol–water partition coefficient (Wildman–Crippen LogP) is 3.32. The van der Waals surface area contributed by atoms with E-state index in [1.54, 1.807) is 55.6 Å². The summed E-state index contributed by atoms with van der Waals surface area (Å²) in [5, 5.41) is 9.13. The maximum atomic E-state index is 13.5. The Hall–Kier alpha value is -4.03. The fourth-order valence-electron chi connectivity index (χ4n) is 5.12. The van der Waals surface area contributed by atoms with Gasteiger partial charge in [0.1, 0.15) is 5.69 Å². The number of carbonyl (C=O) groups excluding carboxylic acids is 2. The molecule has 42 heavy (non-hydrogen) atoms. The molecule has 1 atom stereocenters. The minimum Gasteiger partial charge on any atom is -0.400 e. The van der Waals surface area contributed by atoms with Gasteiger partial charge in [-0.25, -0.2) is 0 Å². The fraction of sp³-hybridized carbons (Fsp3) is 0.433. The van der Waals surface area contributed by atoms with Crippen molar-refractivity contribution in [3.63, 3.8) is 0 Å². The first-order chi connectivity index (χ1) is 20.1. The van der Waals surface area contributed by atoms with Crippen LogP contribution < -0.4 is 16.0 Å². The largest absolute Gasteiger partial charge is 0.585 e. The van der Waals surface area contributed by atoms with Gasteiger partial charge >= 0.3 is 6.29 Å². The average Bonchev–Trinajstić information content (AvgIpc) is 3.27. The molecule has 2 aromatic rings. The molecule has 0 bridgehead atoms. The highest BCUT2D eigenvalue weighted by atomic mass is 19.3. The lowest BCUT2D eigenvalue weighted by molar-refractivity contribution is -0.336. The number of hydrogen-bond donors (Lipinski definition) is 3. The maximum absolute atomic E-state index is 13.5. The number of alkyl halides is 2. The van der Waals surface area contributed by atoms with Crippen LogP contribution in [0, 0.1) is 0 Å². The summed E-state index contributed by atoms with van der Waals surface area (Å²) >= 11 is 0. The number of carbonyl (C=O) groups is 2. The lowest BCUT2D eigenvalue weighted by Gasteiger charge is -2.32. The van der Waals surface area contributed by atoms with Gasteiger partial charge in [-0.3, -0.25) is 14.6 Å².